The molecule has 0 aliphatic rings. The standard InChI is InChI=1S/C40H24S5/c1-7-25-9-3-13-29(39(25)27(11-1)31-15-5-23-41-31)33-17-19-35(43-33)37-21-22-38(45-37)36-20-18-34(44-36)30-14-4-10-26-8-2-12-28(40(26)30)32-16-6-24-42-32/h1-24H. The fourth-order valence-corrected chi connectivity index (χ4v) is 11.0. The Morgan fingerprint density at radius 2 is 0.600 bits per heavy atom. The Morgan fingerprint density at radius 1 is 0.267 bits per heavy atom. The third-order valence-electron chi connectivity index (χ3n) is 8.22. The van der Waals surface area contributed by atoms with Gasteiger partial charge in [-0.25, -0.2) is 0 Å². The van der Waals surface area contributed by atoms with Gasteiger partial charge in [0.25, 0.3) is 0 Å². The Hall–Kier alpha value is -4.10. The molecule has 0 radical (unpaired) electrons. The second-order valence-electron chi connectivity index (χ2n) is 10.9. The summed E-state index contributed by atoms with van der Waals surface area (Å²) < 4.78 is 0. The number of hydrogen-bond donors (Lipinski definition) is 0. The lowest BCUT2D eigenvalue weighted by molar-refractivity contribution is 1.72. The molecule has 0 bridgehead atoms. The summed E-state index contributed by atoms with van der Waals surface area (Å²) in [6.07, 6.45) is 0. The summed E-state index contributed by atoms with van der Waals surface area (Å²) in [5, 5.41) is 9.57. The molecule has 0 amide bonds. The molecule has 0 saturated heterocycles. The van der Waals surface area contributed by atoms with Crippen LogP contribution in [0, 0.1) is 0 Å². The molecule has 5 aromatic heterocycles. The lowest BCUT2D eigenvalue weighted by Gasteiger charge is -2.10. The Kier molecular flexibility index (Phi) is 6.87. The van der Waals surface area contributed by atoms with E-state index < -0.39 is 0 Å². The Labute approximate surface area is 281 Å². The van der Waals surface area contributed by atoms with Crippen LogP contribution in [-0.4, -0.2) is 0 Å². The van der Waals surface area contributed by atoms with E-state index in [9.17, 15) is 0 Å². The van der Waals surface area contributed by atoms with Crippen LogP contribution in [0.2, 0.25) is 0 Å². The second kappa shape index (κ2) is 11.4. The maximum Gasteiger partial charge on any atom is 0.0449 e. The van der Waals surface area contributed by atoms with E-state index in [1.165, 1.54) is 82.8 Å². The highest BCUT2D eigenvalue weighted by Gasteiger charge is 2.16. The van der Waals surface area contributed by atoms with E-state index in [-0.39, 0.29) is 0 Å². The van der Waals surface area contributed by atoms with Crippen molar-refractivity contribution in [3.8, 4) is 61.3 Å². The first kappa shape index (κ1) is 27.2. The number of rotatable bonds is 6. The molecule has 0 fully saturated rings. The molecule has 5 heteroatoms. The maximum atomic E-state index is 2.30. The molecule has 0 nitrogen and oxygen atoms in total. The van der Waals surface area contributed by atoms with Crippen molar-refractivity contribution in [3.05, 3.63) is 144 Å². The third-order valence-corrected chi connectivity index (χ3v) is 13.7. The van der Waals surface area contributed by atoms with Crippen molar-refractivity contribution in [2.45, 2.75) is 0 Å². The molecule has 0 spiro atoms. The molecule has 0 atom stereocenters. The maximum absolute atomic E-state index is 2.30. The van der Waals surface area contributed by atoms with E-state index >= 15 is 0 Å². The van der Waals surface area contributed by atoms with Gasteiger partial charge >= 0.3 is 0 Å². The van der Waals surface area contributed by atoms with Crippen LogP contribution in [0.5, 0.6) is 0 Å². The van der Waals surface area contributed by atoms with Gasteiger partial charge in [0, 0.05) is 61.3 Å². The van der Waals surface area contributed by atoms with Crippen molar-refractivity contribution in [3.63, 3.8) is 0 Å². The van der Waals surface area contributed by atoms with Gasteiger partial charge in [0.05, 0.1) is 0 Å². The van der Waals surface area contributed by atoms with Gasteiger partial charge in [0.1, 0.15) is 0 Å². The lowest BCUT2D eigenvalue weighted by atomic mass is 9.97. The first-order chi connectivity index (χ1) is 22.3. The quantitative estimate of drug-likeness (QED) is 0.166. The van der Waals surface area contributed by atoms with Crippen LogP contribution in [-0.2, 0) is 0 Å². The summed E-state index contributed by atoms with van der Waals surface area (Å²) in [6, 6.07) is 49.2. The van der Waals surface area contributed by atoms with E-state index in [2.05, 4.69) is 144 Å². The average molecular weight is 665 g/mol. The largest absolute Gasteiger partial charge is 0.144 e. The summed E-state index contributed by atoms with van der Waals surface area (Å²) in [4.78, 5) is 10.5. The van der Waals surface area contributed by atoms with Crippen molar-refractivity contribution in [2.24, 2.45) is 0 Å². The molecular formula is C40H24S5. The molecule has 9 aromatic rings. The van der Waals surface area contributed by atoms with Gasteiger partial charge in [-0.2, -0.15) is 0 Å². The zero-order chi connectivity index (χ0) is 29.7. The number of thiophene rings is 5. The molecule has 0 N–H and O–H groups in total. The van der Waals surface area contributed by atoms with Gasteiger partial charge in [-0.05, 0) is 80.8 Å². The molecule has 5 heterocycles. The molecule has 9 rings (SSSR count). The molecule has 0 saturated carbocycles. The minimum absolute atomic E-state index is 1.29. The van der Waals surface area contributed by atoms with Crippen molar-refractivity contribution in [1.82, 2.24) is 0 Å². The predicted molar refractivity (Wildman–Crippen MR) is 203 cm³/mol. The fourth-order valence-electron chi connectivity index (χ4n) is 6.20. The highest BCUT2D eigenvalue weighted by atomic mass is 32.1. The van der Waals surface area contributed by atoms with Gasteiger partial charge in [-0.3, -0.25) is 0 Å². The Balaban J connectivity index is 1.06. The first-order valence-corrected chi connectivity index (χ1v) is 18.9. The number of benzene rings is 4. The van der Waals surface area contributed by atoms with Crippen LogP contribution in [0.15, 0.2) is 144 Å². The number of fused-ring (bicyclic) bond motifs is 2. The van der Waals surface area contributed by atoms with Crippen molar-refractivity contribution < 1.29 is 0 Å². The second-order valence-corrected chi connectivity index (χ2v) is 16.0. The van der Waals surface area contributed by atoms with Crippen LogP contribution in [0.3, 0.4) is 0 Å². The van der Waals surface area contributed by atoms with E-state index in [0.29, 0.717) is 0 Å². The third kappa shape index (κ3) is 4.83. The summed E-state index contributed by atoms with van der Waals surface area (Å²) in [5.74, 6) is 0. The van der Waals surface area contributed by atoms with Crippen LogP contribution in [0.4, 0.5) is 0 Å². The molecular weight excluding hydrogens is 641 g/mol. The smallest absolute Gasteiger partial charge is 0.0449 e. The predicted octanol–water partition coefficient (Wildman–Crippen LogP) is 14.3. The van der Waals surface area contributed by atoms with Crippen LogP contribution >= 0.6 is 56.7 Å². The Bertz CT molecular complexity index is 2250. The fraction of sp³-hybridized carbons (Fsp3) is 0. The molecule has 4 aromatic carbocycles. The van der Waals surface area contributed by atoms with Gasteiger partial charge in [0.2, 0.25) is 0 Å². The van der Waals surface area contributed by atoms with Crippen molar-refractivity contribution in [1.29, 1.82) is 0 Å². The Morgan fingerprint density at radius 3 is 0.956 bits per heavy atom. The molecule has 0 aliphatic heterocycles. The minimum atomic E-state index is 1.29. The van der Waals surface area contributed by atoms with Gasteiger partial charge < -0.3 is 0 Å². The topological polar surface area (TPSA) is 0 Å². The highest BCUT2D eigenvalue weighted by Crippen LogP contribution is 2.47. The van der Waals surface area contributed by atoms with Crippen LogP contribution < -0.4 is 0 Å². The minimum Gasteiger partial charge on any atom is -0.144 e. The monoisotopic (exact) mass is 664 g/mol. The first-order valence-electron chi connectivity index (χ1n) is 14.7. The van der Waals surface area contributed by atoms with E-state index in [4.69, 9.17) is 0 Å². The van der Waals surface area contributed by atoms with Gasteiger partial charge in [-0.15, -0.1) is 56.7 Å². The molecule has 0 aliphatic carbocycles. The molecule has 45 heavy (non-hydrogen) atoms. The lowest BCUT2D eigenvalue weighted by Crippen LogP contribution is -1.82. The number of hydrogen-bond acceptors (Lipinski definition) is 5. The van der Waals surface area contributed by atoms with Gasteiger partial charge in [-0.1, -0.05) is 84.9 Å². The van der Waals surface area contributed by atoms with Gasteiger partial charge in [0.15, 0.2) is 0 Å². The summed E-state index contributed by atoms with van der Waals surface area (Å²) in [6.45, 7) is 0. The van der Waals surface area contributed by atoms with E-state index in [0.717, 1.165) is 0 Å². The molecule has 0 unspecified atom stereocenters. The summed E-state index contributed by atoms with van der Waals surface area (Å²) in [7, 11) is 0. The normalized spacial score (nSPS) is 11.6. The molecule has 214 valence electrons. The SMILES string of the molecule is c1csc(-c2cccc3cccc(-c4ccc(-c5ccc(-c6ccc(-c7cccc8cccc(-c9cccs9)c78)s6)s5)s4)c23)c1. The van der Waals surface area contributed by atoms with Crippen LogP contribution in [0.1, 0.15) is 0 Å². The summed E-state index contributed by atoms with van der Waals surface area (Å²) >= 11 is 9.28. The van der Waals surface area contributed by atoms with Crippen LogP contribution in [0.25, 0.3) is 82.8 Å². The van der Waals surface area contributed by atoms with Crippen molar-refractivity contribution in [2.75, 3.05) is 0 Å². The van der Waals surface area contributed by atoms with Crippen molar-refractivity contribution >= 4 is 78.2 Å². The van der Waals surface area contributed by atoms with E-state index in [1.807, 2.05) is 34.0 Å². The summed E-state index contributed by atoms with van der Waals surface area (Å²) in [5.41, 5.74) is 5.25. The highest BCUT2D eigenvalue weighted by molar-refractivity contribution is 7.28. The average Bonchev–Trinajstić information content (AvgIpc) is 3.92. The van der Waals surface area contributed by atoms with E-state index in [1.54, 1.807) is 22.7 Å². The zero-order valence-corrected chi connectivity index (χ0v) is 28.0. The zero-order valence-electron chi connectivity index (χ0n) is 23.9.